The fourth-order valence-corrected chi connectivity index (χ4v) is 4.91. The maximum absolute atomic E-state index is 3.94. The Bertz CT molecular complexity index is 252. The van der Waals surface area contributed by atoms with Gasteiger partial charge in [0.25, 0.3) is 0 Å². The average molecular weight is 265 g/mol. The van der Waals surface area contributed by atoms with Crippen LogP contribution in [0.15, 0.2) is 0 Å². The number of rotatable bonds is 5. The van der Waals surface area contributed by atoms with Crippen LogP contribution in [0, 0.1) is 29.6 Å². The molecular formula is C18H35N. The van der Waals surface area contributed by atoms with Crippen LogP contribution in [0.4, 0.5) is 0 Å². The van der Waals surface area contributed by atoms with Crippen molar-refractivity contribution in [3.8, 4) is 0 Å². The van der Waals surface area contributed by atoms with Gasteiger partial charge in [-0.05, 0) is 74.7 Å². The van der Waals surface area contributed by atoms with E-state index in [4.69, 9.17) is 0 Å². The Morgan fingerprint density at radius 1 is 0.842 bits per heavy atom. The van der Waals surface area contributed by atoms with Crippen molar-refractivity contribution in [2.75, 3.05) is 6.54 Å². The molecule has 0 aromatic rings. The third-order valence-electron chi connectivity index (χ3n) is 5.60. The molecule has 2 aliphatic carbocycles. The summed E-state index contributed by atoms with van der Waals surface area (Å²) in [6, 6.07) is 0.815. The third kappa shape index (κ3) is 4.21. The number of hydrogen-bond donors (Lipinski definition) is 1. The van der Waals surface area contributed by atoms with E-state index in [1.54, 1.807) is 0 Å². The number of hydrogen-bond acceptors (Lipinski definition) is 1. The van der Waals surface area contributed by atoms with E-state index in [9.17, 15) is 0 Å². The standard InChI is InChI=1S/C18H35N/c1-5-8-19-18(16-7-6-13(2)10-16)17-11-14(3)9-15(4)12-17/h13-19H,5-12H2,1-4H3. The summed E-state index contributed by atoms with van der Waals surface area (Å²) >= 11 is 0. The average Bonchev–Trinajstić information content (AvgIpc) is 2.75. The normalized spacial score (nSPS) is 41.4. The predicted molar refractivity (Wildman–Crippen MR) is 84.3 cm³/mol. The van der Waals surface area contributed by atoms with E-state index >= 15 is 0 Å². The molecule has 1 nitrogen and oxygen atoms in total. The third-order valence-corrected chi connectivity index (χ3v) is 5.60. The lowest BCUT2D eigenvalue weighted by atomic mass is 9.70. The van der Waals surface area contributed by atoms with E-state index < -0.39 is 0 Å². The molecule has 0 aromatic carbocycles. The maximum Gasteiger partial charge on any atom is 0.0124 e. The lowest BCUT2D eigenvalue weighted by molar-refractivity contribution is 0.142. The summed E-state index contributed by atoms with van der Waals surface area (Å²) in [5.74, 6) is 4.76. The van der Waals surface area contributed by atoms with Gasteiger partial charge in [0, 0.05) is 6.04 Å². The van der Waals surface area contributed by atoms with Crippen molar-refractivity contribution in [1.82, 2.24) is 5.32 Å². The minimum Gasteiger partial charge on any atom is -0.313 e. The van der Waals surface area contributed by atoms with Crippen LogP contribution in [0.1, 0.15) is 72.6 Å². The topological polar surface area (TPSA) is 12.0 Å². The zero-order valence-electron chi connectivity index (χ0n) is 13.6. The van der Waals surface area contributed by atoms with Gasteiger partial charge in [-0.15, -0.1) is 0 Å². The van der Waals surface area contributed by atoms with E-state index in [2.05, 4.69) is 33.0 Å². The van der Waals surface area contributed by atoms with Gasteiger partial charge in [0.2, 0.25) is 0 Å². The van der Waals surface area contributed by atoms with Gasteiger partial charge in [-0.3, -0.25) is 0 Å². The van der Waals surface area contributed by atoms with Crippen LogP contribution in [0.2, 0.25) is 0 Å². The summed E-state index contributed by atoms with van der Waals surface area (Å²) in [6.45, 7) is 10.9. The second-order valence-electron chi connectivity index (χ2n) is 7.84. The molecule has 0 spiro atoms. The largest absolute Gasteiger partial charge is 0.313 e. The molecule has 19 heavy (non-hydrogen) atoms. The molecule has 2 saturated carbocycles. The highest BCUT2D eigenvalue weighted by Crippen LogP contribution is 2.41. The zero-order valence-corrected chi connectivity index (χ0v) is 13.6. The van der Waals surface area contributed by atoms with Crippen molar-refractivity contribution in [3.63, 3.8) is 0 Å². The van der Waals surface area contributed by atoms with E-state index in [1.807, 2.05) is 0 Å². The van der Waals surface area contributed by atoms with E-state index in [1.165, 1.54) is 51.5 Å². The first kappa shape index (κ1) is 15.4. The summed E-state index contributed by atoms with van der Waals surface area (Å²) in [7, 11) is 0. The Kier molecular flexibility index (Phi) is 5.74. The summed E-state index contributed by atoms with van der Waals surface area (Å²) in [5.41, 5.74) is 0. The van der Waals surface area contributed by atoms with Gasteiger partial charge < -0.3 is 5.32 Å². The molecule has 0 heterocycles. The molecule has 2 fully saturated rings. The van der Waals surface area contributed by atoms with Gasteiger partial charge in [-0.1, -0.05) is 34.1 Å². The molecule has 0 aliphatic heterocycles. The van der Waals surface area contributed by atoms with Crippen LogP contribution in [0.5, 0.6) is 0 Å². The van der Waals surface area contributed by atoms with E-state index in [0.29, 0.717) is 0 Å². The second kappa shape index (κ2) is 7.11. The SMILES string of the molecule is CCCNC(C1CCC(C)C1)C1CC(C)CC(C)C1. The molecule has 2 rings (SSSR count). The monoisotopic (exact) mass is 265 g/mol. The first-order valence-corrected chi connectivity index (χ1v) is 8.83. The van der Waals surface area contributed by atoms with Gasteiger partial charge in [0.05, 0.1) is 0 Å². The van der Waals surface area contributed by atoms with Crippen LogP contribution in [-0.4, -0.2) is 12.6 Å². The molecule has 0 saturated heterocycles. The highest BCUT2D eigenvalue weighted by molar-refractivity contribution is 4.91. The maximum atomic E-state index is 3.94. The molecular weight excluding hydrogens is 230 g/mol. The highest BCUT2D eigenvalue weighted by Gasteiger charge is 2.36. The van der Waals surface area contributed by atoms with Gasteiger partial charge in [0.15, 0.2) is 0 Å². The number of nitrogens with one attached hydrogen (secondary N) is 1. The Morgan fingerprint density at radius 2 is 1.47 bits per heavy atom. The molecule has 0 radical (unpaired) electrons. The summed E-state index contributed by atoms with van der Waals surface area (Å²) in [4.78, 5) is 0. The Labute approximate surface area is 120 Å². The first-order chi connectivity index (χ1) is 9.10. The Hall–Kier alpha value is -0.0400. The van der Waals surface area contributed by atoms with Crippen LogP contribution < -0.4 is 5.32 Å². The molecule has 0 aromatic heterocycles. The lowest BCUT2D eigenvalue weighted by Crippen LogP contribution is -2.44. The van der Waals surface area contributed by atoms with Crippen LogP contribution >= 0.6 is 0 Å². The van der Waals surface area contributed by atoms with Crippen LogP contribution in [0.3, 0.4) is 0 Å². The van der Waals surface area contributed by atoms with Gasteiger partial charge in [-0.25, -0.2) is 0 Å². The van der Waals surface area contributed by atoms with Crippen LogP contribution in [0.25, 0.3) is 0 Å². The van der Waals surface area contributed by atoms with Gasteiger partial charge >= 0.3 is 0 Å². The van der Waals surface area contributed by atoms with Crippen molar-refractivity contribution in [2.45, 2.75) is 78.7 Å². The zero-order chi connectivity index (χ0) is 13.8. The van der Waals surface area contributed by atoms with Gasteiger partial charge in [-0.2, -0.15) is 0 Å². The molecule has 2 aliphatic rings. The molecule has 0 bridgehead atoms. The van der Waals surface area contributed by atoms with Crippen molar-refractivity contribution in [1.29, 1.82) is 0 Å². The predicted octanol–water partition coefficient (Wildman–Crippen LogP) is 4.86. The molecule has 0 amide bonds. The lowest BCUT2D eigenvalue weighted by Gasteiger charge is -2.40. The highest BCUT2D eigenvalue weighted by atomic mass is 14.9. The molecule has 1 heteroatoms. The Balaban J connectivity index is 1.99. The minimum atomic E-state index is 0.815. The molecule has 5 unspecified atom stereocenters. The first-order valence-electron chi connectivity index (χ1n) is 8.83. The smallest absolute Gasteiger partial charge is 0.0124 e. The molecule has 112 valence electrons. The quantitative estimate of drug-likeness (QED) is 0.748. The Morgan fingerprint density at radius 3 is 2.00 bits per heavy atom. The fraction of sp³-hybridized carbons (Fsp3) is 1.00. The van der Waals surface area contributed by atoms with Crippen LogP contribution in [-0.2, 0) is 0 Å². The molecule has 1 N–H and O–H groups in total. The summed E-state index contributed by atoms with van der Waals surface area (Å²) < 4.78 is 0. The van der Waals surface area contributed by atoms with Crippen molar-refractivity contribution in [3.05, 3.63) is 0 Å². The minimum absolute atomic E-state index is 0.815. The summed E-state index contributed by atoms with van der Waals surface area (Å²) in [5, 5.41) is 3.94. The van der Waals surface area contributed by atoms with E-state index in [-0.39, 0.29) is 0 Å². The fourth-order valence-electron chi connectivity index (χ4n) is 4.91. The van der Waals surface area contributed by atoms with E-state index in [0.717, 1.165) is 35.6 Å². The van der Waals surface area contributed by atoms with Crippen molar-refractivity contribution in [2.24, 2.45) is 29.6 Å². The van der Waals surface area contributed by atoms with Crippen molar-refractivity contribution < 1.29 is 0 Å². The van der Waals surface area contributed by atoms with Gasteiger partial charge in [0.1, 0.15) is 0 Å². The summed E-state index contributed by atoms with van der Waals surface area (Å²) in [6.07, 6.45) is 10.1. The second-order valence-corrected chi connectivity index (χ2v) is 7.84. The molecule has 5 atom stereocenters. The van der Waals surface area contributed by atoms with Crippen molar-refractivity contribution >= 4 is 0 Å².